The Kier molecular flexibility index (Phi) is 6.75. The van der Waals surface area contributed by atoms with Crippen LogP contribution >= 0.6 is 23.2 Å². The lowest BCUT2D eigenvalue weighted by atomic mass is 10.0. The molecule has 0 aromatic heterocycles. The van der Waals surface area contributed by atoms with Crippen LogP contribution < -0.4 is 5.32 Å². The lowest BCUT2D eigenvalue weighted by Gasteiger charge is -2.34. The number of carbonyl (C=O) groups excluding carboxylic acids is 2. The van der Waals surface area contributed by atoms with Crippen LogP contribution in [0.15, 0.2) is 48.5 Å². The number of rotatable bonds is 6. The van der Waals surface area contributed by atoms with Crippen molar-refractivity contribution in [2.75, 3.05) is 13.1 Å². The summed E-state index contributed by atoms with van der Waals surface area (Å²) >= 11 is 12.0. The van der Waals surface area contributed by atoms with Gasteiger partial charge < -0.3 is 10.2 Å². The number of nitrogens with zero attached hydrogens (tertiary/aromatic N) is 1. The van der Waals surface area contributed by atoms with Crippen LogP contribution in [0.25, 0.3) is 0 Å². The van der Waals surface area contributed by atoms with E-state index in [1.54, 1.807) is 11.0 Å². The van der Waals surface area contributed by atoms with Crippen molar-refractivity contribution >= 4 is 35.0 Å². The van der Waals surface area contributed by atoms with Gasteiger partial charge in [0.1, 0.15) is 6.04 Å². The van der Waals surface area contributed by atoms with Gasteiger partial charge in [0.25, 0.3) is 0 Å². The standard InChI is InChI=1S/C21H22Cl2N2O2/c22-17-12-15(13-18(23)14-17)9-10-24-21(27)20(16-6-2-1-3-7-16)25-11-5-4-8-19(25)26/h1-3,6-7,12-14,20H,4-5,8-11H2,(H,24,27). The molecular weight excluding hydrogens is 383 g/mol. The molecule has 3 rings (SSSR count). The van der Waals surface area contributed by atoms with Crippen LogP contribution in [0.1, 0.15) is 36.4 Å². The molecule has 1 unspecified atom stereocenters. The Morgan fingerprint density at radius 1 is 1.07 bits per heavy atom. The summed E-state index contributed by atoms with van der Waals surface area (Å²) < 4.78 is 0. The molecular formula is C21H22Cl2N2O2. The van der Waals surface area contributed by atoms with E-state index in [0.717, 1.165) is 24.0 Å². The molecule has 2 aromatic rings. The van der Waals surface area contributed by atoms with E-state index in [9.17, 15) is 9.59 Å². The van der Waals surface area contributed by atoms with Gasteiger partial charge in [-0.15, -0.1) is 0 Å². The number of hydrogen-bond acceptors (Lipinski definition) is 2. The zero-order chi connectivity index (χ0) is 19.2. The molecule has 0 bridgehead atoms. The monoisotopic (exact) mass is 404 g/mol. The molecule has 0 radical (unpaired) electrons. The molecule has 6 heteroatoms. The fraction of sp³-hybridized carbons (Fsp3) is 0.333. The second-order valence-electron chi connectivity index (χ2n) is 6.68. The van der Waals surface area contributed by atoms with E-state index in [4.69, 9.17) is 23.2 Å². The van der Waals surface area contributed by atoms with Crippen molar-refractivity contribution in [2.24, 2.45) is 0 Å². The van der Waals surface area contributed by atoms with E-state index in [1.165, 1.54) is 0 Å². The Bertz CT molecular complexity index is 791. The molecule has 0 aliphatic carbocycles. The number of amides is 2. The molecule has 1 N–H and O–H groups in total. The topological polar surface area (TPSA) is 49.4 Å². The van der Waals surface area contributed by atoms with Gasteiger partial charge in [0, 0.05) is 29.6 Å². The average molecular weight is 405 g/mol. The third-order valence-electron chi connectivity index (χ3n) is 4.67. The number of piperidine rings is 1. The molecule has 2 amide bonds. The zero-order valence-corrected chi connectivity index (χ0v) is 16.5. The van der Waals surface area contributed by atoms with Crippen LogP contribution in [0, 0.1) is 0 Å². The van der Waals surface area contributed by atoms with Crippen LogP contribution in [0.5, 0.6) is 0 Å². The number of halogens is 2. The first kappa shape index (κ1) is 19.7. The summed E-state index contributed by atoms with van der Waals surface area (Å²) in [6.07, 6.45) is 2.91. The second-order valence-corrected chi connectivity index (χ2v) is 7.55. The van der Waals surface area contributed by atoms with Crippen LogP contribution in [0.2, 0.25) is 10.0 Å². The van der Waals surface area contributed by atoms with E-state index in [-0.39, 0.29) is 11.8 Å². The number of hydrogen-bond donors (Lipinski definition) is 1. The van der Waals surface area contributed by atoms with Gasteiger partial charge in [0.15, 0.2) is 0 Å². The molecule has 0 spiro atoms. The third-order valence-corrected chi connectivity index (χ3v) is 5.11. The van der Waals surface area contributed by atoms with Gasteiger partial charge in [0.2, 0.25) is 11.8 Å². The average Bonchev–Trinajstić information content (AvgIpc) is 2.64. The van der Waals surface area contributed by atoms with Crippen LogP contribution in [0.3, 0.4) is 0 Å². The molecule has 1 heterocycles. The van der Waals surface area contributed by atoms with Crippen molar-refractivity contribution < 1.29 is 9.59 Å². The molecule has 1 saturated heterocycles. The maximum Gasteiger partial charge on any atom is 0.247 e. The third kappa shape index (κ3) is 5.24. The van der Waals surface area contributed by atoms with Crippen LogP contribution in [-0.2, 0) is 16.0 Å². The molecule has 2 aromatic carbocycles. The molecule has 1 aliphatic rings. The van der Waals surface area contributed by atoms with Crippen molar-refractivity contribution in [3.63, 3.8) is 0 Å². The quantitative estimate of drug-likeness (QED) is 0.774. The van der Waals surface area contributed by atoms with Gasteiger partial charge >= 0.3 is 0 Å². The number of likely N-dealkylation sites (tertiary alicyclic amines) is 1. The highest BCUT2D eigenvalue weighted by Crippen LogP contribution is 2.26. The lowest BCUT2D eigenvalue weighted by Crippen LogP contribution is -2.46. The number of carbonyl (C=O) groups is 2. The Morgan fingerprint density at radius 3 is 2.44 bits per heavy atom. The molecule has 1 atom stereocenters. The zero-order valence-electron chi connectivity index (χ0n) is 15.0. The summed E-state index contributed by atoms with van der Waals surface area (Å²) in [6, 6.07) is 14.2. The van der Waals surface area contributed by atoms with Crippen LogP contribution in [0.4, 0.5) is 0 Å². The highest BCUT2D eigenvalue weighted by atomic mass is 35.5. The normalized spacial score (nSPS) is 15.5. The highest BCUT2D eigenvalue weighted by molar-refractivity contribution is 6.34. The highest BCUT2D eigenvalue weighted by Gasteiger charge is 2.32. The Balaban J connectivity index is 1.70. The van der Waals surface area contributed by atoms with Gasteiger partial charge in [-0.05, 0) is 48.6 Å². The van der Waals surface area contributed by atoms with Gasteiger partial charge in [-0.1, -0.05) is 53.5 Å². The Labute approximate surface area is 169 Å². The minimum Gasteiger partial charge on any atom is -0.354 e. The summed E-state index contributed by atoms with van der Waals surface area (Å²) in [5, 5.41) is 4.12. The largest absolute Gasteiger partial charge is 0.354 e. The maximum absolute atomic E-state index is 13.0. The molecule has 142 valence electrons. The SMILES string of the molecule is O=C(NCCc1cc(Cl)cc(Cl)c1)C(c1ccccc1)N1CCCCC1=O. The van der Waals surface area contributed by atoms with E-state index >= 15 is 0 Å². The van der Waals surface area contributed by atoms with Gasteiger partial charge in [-0.2, -0.15) is 0 Å². The molecule has 1 aliphatic heterocycles. The molecule has 1 fully saturated rings. The van der Waals surface area contributed by atoms with Crippen LogP contribution in [-0.4, -0.2) is 29.8 Å². The second kappa shape index (κ2) is 9.25. The minimum absolute atomic E-state index is 0.0341. The number of benzene rings is 2. The summed E-state index contributed by atoms with van der Waals surface area (Å²) in [4.78, 5) is 27.1. The number of nitrogens with one attached hydrogen (secondary N) is 1. The predicted octanol–water partition coefficient (Wildman–Crippen LogP) is 4.41. The minimum atomic E-state index is -0.595. The fourth-order valence-electron chi connectivity index (χ4n) is 3.39. The summed E-state index contributed by atoms with van der Waals surface area (Å²) in [7, 11) is 0. The molecule has 27 heavy (non-hydrogen) atoms. The predicted molar refractivity (Wildman–Crippen MR) is 108 cm³/mol. The van der Waals surface area contributed by atoms with E-state index in [0.29, 0.717) is 36.0 Å². The first-order valence-corrected chi connectivity index (χ1v) is 9.87. The van der Waals surface area contributed by atoms with Crippen molar-refractivity contribution in [2.45, 2.75) is 31.7 Å². The Hall–Kier alpha value is -2.04. The van der Waals surface area contributed by atoms with Gasteiger partial charge in [0.05, 0.1) is 0 Å². The van der Waals surface area contributed by atoms with Gasteiger partial charge in [-0.25, -0.2) is 0 Å². The fourth-order valence-corrected chi connectivity index (χ4v) is 3.96. The van der Waals surface area contributed by atoms with Gasteiger partial charge in [-0.3, -0.25) is 9.59 Å². The first-order chi connectivity index (χ1) is 13.0. The van der Waals surface area contributed by atoms with Crippen molar-refractivity contribution in [3.05, 3.63) is 69.7 Å². The molecule has 0 saturated carbocycles. The summed E-state index contributed by atoms with van der Waals surface area (Å²) in [5.41, 5.74) is 1.79. The lowest BCUT2D eigenvalue weighted by molar-refractivity contribution is -0.142. The van der Waals surface area contributed by atoms with Crippen molar-refractivity contribution in [3.8, 4) is 0 Å². The smallest absolute Gasteiger partial charge is 0.247 e. The summed E-state index contributed by atoms with van der Waals surface area (Å²) in [5.74, 6) is -0.128. The maximum atomic E-state index is 13.0. The van der Waals surface area contributed by atoms with E-state index in [1.807, 2.05) is 42.5 Å². The van der Waals surface area contributed by atoms with Crippen molar-refractivity contribution in [1.82, 2.24) is 10.2 Å². The van der Waals surface area contributed by atoms with E-state index in [2.05, 4.69) is 5.32 Å². The van der Waals surface area contributed by atoms with E-state index < -0.39 is 6.04 Å². The first-order valence-electron chi connectivity index (χ1n) is 9.11. The van der Waals surface area contributed by atoms with Crippen molar-refractivity contribution in [1.29, 1.82) is 0 Å². The molecule has 4 nitrogen and oxygen atoms in total. The summed E-state index contributed by atoms with van der Waals surface area (Å²) in [6.45, 7) is 1.05. The Morgan fingerprint density at radius 2 is 1.78 bits per heavy atom.